The Bertz CT molecular complexity index is 443. The zero-order chi connectivity index (χ0) is 15.6. The molecule has 0 saturated carbocycles. The number of thioether (sulfide) groups is 1. The van der Waals surface area contributed by atoms with Crippen LogP contribution >= 0.6 is 11.8 Å². The Kier molecular flexibility index (Phi) is 7.49. The maximum Gasteiger partial charge on any atom is 0.225 e. The highest BCUT2D eigenvalue weighted by molar-refractivity contribution is 7.99. The van der Waals surface area contributed by atoms with Gasteiger partial charge >= 0.3 is 0 Å². The molecule has 22 heavy (non-hydrogen) atoms. The molecule has 1 amide bonds. The number of hydrogen-bond donors (Lipinski definition) is 1. The van der Waals surface area contributed by atoms with Crippen molar-refractivity contribution in [1.29, 1.82) is 0 Å². The van der Waals surface area contributed by atoms with Crippen LogP contribution in [0.2, 0.25) is 0 Å². The van der Waals surface area contributed by atoms with E-state index in [4.69, 9.17) is 0 Å². The second kappa shape index (κ2) is 9.66. The summed E-state index contributed by atoms with van der Waals surface area (Å²) in [6.45, 7) is 3.96. The molecule has 1 aromatic rings. The minimum Gasteiger partial charge on any atom is -0.352 e. The van der Waals surface area contributed by atoms with E-state index in [1.165, 1.54) is 12.8 Å². The molecule has 2 heterocycles. The van der Waals surface area contributed by atoms with Crippen LogP contribution in [0.15, 0.2) is 18.5 Å². The third-order valence-corrected chi connectivity index (χ3v) is 4.81. The van der Waals surface area contributed by atoms with Gasteiger partial charge < -0.3 is 10.2 Å². The Morgan fingerprint density at radius 3 is 3.00 bits per heavy atom. The van der Waals surface area contributed by atoms with E-state index in [2.05, 4.69) is 27.1 Å². The highest BCUT2D eigenvalue weighted by atomic mass is 32.2. The molecule has 0 spiro atoms. The van der Waals surface area contributed by atoms with Crippen LogP contribution in [-0.4, -0.2) is 46.5 Å². The van der Waals surface area contributed by atoms with Gasteiger partial charge in [0, 0.05) is 43.7 Å². The summed E-state index contributed by atoms with van der Waals surface area (Å²) < 4.78 is 0. The number of anilines is 1. The zero-order valence-corrected chi connectivity index (χ0v) is 14.1. The summed E-state index contributed by atoms with van der Waals surface area (Å²) >= 11 is 1.87. The fourth-order valence-electron chi connectivity index (χ4n) is 2.54. The van der Waals surface area contributed by atoms with E-state index in [1.54, 1.807) is 12.4 Å². The van der Waals surface area contributed by atoms with E-state index in [1.807, 2.05) is 17.8 Å². The molecule has 1 aliphatic heterocycles. The summed E-state index contributed by atoms with van der Waals surface area (Å²) in [5.74, 6) is 3.01. The van der Waals surface area contributed by atoms with Gasteiger partial charge in [0.25, 0.3) is 0 Å². The number of nitrogens with one attached hydrogen (secondary N) is 1. The maximum atomic E-state index is 12.0. The molecule has 1 N–H and O–H groups in total. The van der Waals surface area contributed by atoms with Gasteiger partial charge in [0.15, 0.2) is 0 Å². The standard InChI is InChI=1S/C16H26N4OS/c1-2-3-11-22-12-7-15(21)19-14-6-4-10-20(13-14)16-17-8-5-9-18-16/h5,8-9,14H,2-4,6-7,10-13H2,1H3,(H,19,21)/t14-/m0/s1. The van der Waals surface area contributed by atoms with E-state index in [0.29, 0.717) is 6.42 Å². The van der Waals surface area contributed by atoms with Crippen molar-refractivity contribution in [3.8, 4) is 0 Å². The average Bonchev–Trinajstić information content (AvgIpc) is 2.56. The van der Waals surface area contributed by atoms with Crippen LogP contribution in [0, 0.1) is 0 Å². The van der Waals surface area contributed by atoms with Crippen molar-refractivity contribution in [3.05, 3.63) is 18.5 Å². The molecule has 0 aliphatic carbocycles. The number of nitrogens with zero attached hydrogens (tertiary/aromatic N) is 3. The average molecular weight is 322 g/mol. The second-order valence-corrected chi connectivity index (χ2v) is 6.84. The molecule has 1 atom stereocenters. The van der Waals surface area contributed by atoms with Crippen molar-refractivity contribution in [2.45, 2.75) is 45.1 Å². The second-order valence-electron chi connectivity index (χ2n) is 5.62. The molecule has 0 radical (unpaired) electrons. The molecular weight excluding hydrogens is 296 g/mol. The fraction of sp³-hybridized carbons (Fsp3) is 0.688. The van der Waals surface area contributed by atoms with E-state index < -0.39 is 0 Å². The van der Waals surface area contributed by atoms with Crippen molar-refractivity contribution in [2.75, 3.05) is 29.5 Å². The first kappa shape index (κ1) is 17.1. The lowest BCUT2D eigenvalue weighted by Crippen LogP contribution is -2.48. The quantitative estimate of drug-likeness (QED) is 0.745. The zero-order valence-electron chi connectivity index (χ0n) is 13.3. The number of rotatable bonds is 8. The molecule has 6 heteroatoms. The van der Waals surface area contributed by atoms with Gasteiger partial charge in [0.2, 0.25) is 11.9 Å². The number of carbonyl (C=O) groups is 1. The van der Waals surface area contributed by atoms with Gasteiger partial charge in [0.1, 0.15) is 0 Å². The first-order valence-corrected chi connectivity index (χ1v) is 9.34. The van der Waals surface area contributed by atoms with Gasteiger partial charge in [-0.15, -0.1) is 0 Å². The van der Waals surface area contributed by atoms with E-state index in [0.717, 1.165) is 43.4 Å². The number of piperidine rings is 1. The SMILES string of the molecule is CCCCSCCC(=O)N[C@H]1CCCN(c2ncccn2)C1. The Morgan fingerprint density at radius 2 is 2.23 bits per heavy atom. The molecule has 1 saturated heterocycles. The van der Waals surface area contributed by atoms with Crippen molar-refractivity contribution in [1.82, 2.24) is 15.3 Å². The van der Waals surface area contributed by atoms with E-state index in [-0.39, 0.29) is 11.9 Å². The van der Waals surface area contributed by atoms with Crippen LogP contribution in [-0.2, 0) is 4.79 Å². The van der Waals surface area contributed by atoms with Gasteiger partial charge in [-0.1, -0.05) is 13.3 Å². The third kappa shape index (κ3) is 5.83. The van der Waals surface area contributed by atoms with Gasteiger partial charge in [-0.05, 0) is 31.1 Å². The number of hydrogen-bond acceptors (Lipinski definition) is 5. The smallest absolute Gasteiger partial charge is 0.225 e. The van der Waals surface area contributed by atoms with Crippen LogP contribution < -0.4 is 10.2 Å². The minimum absolute atomic E-state index is 0.171. The third-order valence-electron chi connectivity index (χ3n) is 3.74. The molecule has 5 nitrogen and oxygen atoms in total. The Hall–Kier alpha value is -1.30. The topological polar surface area (TPSA) is 58.1 Å². The summed E-state index contributed by atoms with van der Waals surface area (Å²) in [6.07, 6.45) is 8.70. The predicted molar refractivity (Wildman–Crippen MR) is 92.3 cm³/mol. The summed E-state index contributed by atoms with van der Waals surface area (Å²) in [7, 11) is 0. The lowest BCUT2D eigenvalue weighted by molar-refractivity contribution is -0.121. The van der Waals surface area contributed by atoms with Crippen LogP contribution in [0.4, 0.5) is 5.95 Å². The molecule has 1 aliphatic rings. The first-order chi connectivity index (χ1) is 10.8. The molecule has 2 rings (SSSR count). The summed E-state index contributed by atoms with van der Waals surface area (Å²) in [4.78, 5) is 22.8. The predicted octanol–water partition coefficient (Wildman–Crippen LogP) is 2.49. The van der Waals surface area contributed by atoms with Crippen LogP contribution in [0.25, 0.3) is 0 Å². The number of carbonyl (C=O) groups excluding carboxylic acids is 1. The van der Waals surface area contributed by atoms with E-state index in [9.17, 15) is 4.79 Å². The lowest BCUT2D eigenvalue weighted by Gasteiger charge is -2.33. The number of unbranched alkanes of at least 4 members (excludes halogenated alkanes) is 1. The van der Waals surface area contributed by atoms with Gasteiger partial charge in [-0.2, -0.15) is 11.8 Å². The normalized spacial score (nSPS) is 18.2. The molecule has 1 fully saturated rings. The molecule has 0 bridgehead atoms. The van der Waals surface area contributed by atoms with Gasteiger partial charge in [-0.25, -0.2) is 9.97 Å². The van der Waals surface area contributed by atoms with Crippen molar-refractivity contribution in [2.24, 2.45) is 0 Å². The van der Waals surface area contributed by atoms with Crippen molar-refractivity contribution < 1.29 is 4.79 Å². The lowest BCUT2D eigenvalue weighted by atomic mass is 10.1. The van der Waals surface area contributed by atoms with Crippen LogP contribution in [0.3, 0.4) is 0 Å². The maximum absolute atomic E-state index is 12.0. The summed E-state index contributed by atoms with van der Waals surface area (Å²) in [5, 5.41) is 3.16. The number of aromatic nitrogens is 2. The molecular formula is C16H26N4OS. The molecule has 122 valence electrons. The van der Waals surface area contributed by atoms with Gasteiger partial charge in [-0.3, -0.25) is 4.79 Å². The first-order valence-electron chi connectivity index (χ1n) is 8.18. The van der Waals surface area contributed by atoms with Crippen LogP contribution in [0.1, 0.15) is 39.0 Å². The highest BCUT2D eigenvalue weighted by Gasteiger charge is 2.22. The summed E-state index contributed by atoms with van der Waals surface area (Å²) in [6, 6.07) is 2.04. The molecule has 0 aromatic carbocycles. The number of amides is 1. The Labute approximate surface area is 137 Å². The fourth-order valence-corrected chi connectivity index (χ4v) is 3.57. The summed E-state index contributed by atoms with van der Waals surface area (Å²) in [5.41, 5.74) is 0. The Balaban J connectivity index is 1.70. The minimum atomic E-state index is 0.171. The molecule has 1 aromatic heterocycles. The molecule has 0 unspecified atom stereocenters. The van der Waals surface area contributed by atoms with Gasteiger partial charge in [0.05, 0.1) is 0 Å². The monoisotopic (exact) mass is 322 g/mol. The van der Waals surface area contributed by atoms with Crippen molar-refractivity contribution >= 4 is 23.6 Å². The van der Waals surface area contributed by atoms with E-state index >= 15 is 0 Å². The largest absolute Gasteiger partial charge is 0.352 e. The van der Waals surface area contributed by atoms with Crippen LogP contribution in [0.5, 0.6) is 0 Å². The Morgan fingerprint density at radius 1 is 1.41 bits per heavy atom. The highest BCUT2D eigenvalue weighted by Crippen LogP contribution is 2.15. The van der Waals surface area contributed by atoms with Crippen molar-refractivity contribution in [3.63, 3.8) is 0 Å².